The molecule has 0 saturated heterocycles. The van der Waals surface area contributed by atoms with Gasteiger partial charge in [0.15, 0.2) is 0 Å². The molecule has 0 saturated carbocycles. The Hall–Kier alpha value is -3.20. The van der Waals surface area contributed by atoms with Crippen molar-refractivity contribution in [3.63, 3.8) is 0 Å². The molecule has 2 amide bonds. The third kappa shape index (κ3) is 3.17. The Morgan fingerprint density at radius 2 is 1.14 bits per heavy atom. The maximum absolute atomic E-state index is 12.7. The van der Waals surface area contributed by atoms with Crippen LogP contribution in [-0.2, 0) is 5.41 Å². The van der Waals surface area contributed by atoms with E-state index in [0.717, 1.165) is 5.56 Å². The van der Waals surface area contributed by atoms with E-state index in [9.17, 15) is 9.59 Å². The zero-order valence-corrected chi connectivity index (χ0v) is 17.3. The van der Waals surface area contributed by atoms with Crippen LogP contribution in [0.25, 0.3) is 0 Å². The molecule has 1 aliphatic heterocycles. The van der Waals surface area contributed by atoms with Crippen molar-refractivity contribution >= 4 is 17.5 Å². The van der Waals surface area contributed by atoms with Gasteiger partial charge in [0.05, 0.1) is 16.8 Å². The number of fused-ring (bicyclic) bond motifs is 1. The molecule has 0 aromatic heterocycles. The van der Waals surface area contributed by atoms with E-state index in [1.54, 1.807) is 24.3 Å². The molecule has 0 fully saturated rings. The molecule has 3 nitrogen and oxygen atoms in total. The lowest BCUT2D eigenvalue weighted by Gasteiger charge is -2.27. The number of rotatable bonds is 4. The van der Waals surface area contributed by atoms with Gasteiger partial charge in [-0.3, -0.25) is 9.59 Å². The van der Waals surface area contributed by atoms with E-state index in [4.69, 9.17) is 0 Å². The molecule has 3 heteroatoms. The molecule has 0 spiro atoms. The number of carbonyl (C=O) groups is 2. The van der Waals surface area contributed by atoms with Crippen LogP contribution in [0.1, 0.15) is 71.0 Å². The van der Waals surface area contributed by atoms with E-state index >= 15 is 0 Å². The number of nitrogens with zero attached hydrogens (tertiary/aromatic N) is 1. The third-order valence-corrected chi connectivity index (χ3v) is 5.94. The van der Waals surface area contributed by atoms with Crippen LogP contribution in [0.4, 0.5) is 5.69 Å². The number of benzene rings is 3. The van der Waals surface area contributed by atoms with Crippen molar-refractivity contribution in [2.45, 2.75) is 39.0 Å². The van der Waals surface area contributed by atoms with Crippen LogP contribution in [0.2, 0.25) is 0 Å². The minimum absolute atomic E-state index is 0.184. The Balaban J connectivity index is 1.63. The topological polar surface area (TPSA) is 37.4 Å². The van der Waals surface area contributed by atoms with Crippen molar-refractivity contribution in [1.82, 2.24) is 0 Å². The summed E-state index contributed by atoms with van der Waals surface area (Å²) in [5.74, 6) is -0.0186. The highest BCUT2D eigenvalue weighted by molar-refractivity contribution is 6.34. The molecule has 1 aliphatic rings. The van der Waals surface area contributed by atoms with Crippen molar-refractivity contribution in [2.75, 3.05) is 4.90 Å². The summed E-state index contributed by atoms with van der Waals surface area (Å²) in [5.41, 5.74) is 5.04. The number of imide groups is 1. The van der Waals surface area contributed by atoms with Crippen LogP contribution in [0.5, 0.6) is 0 Å². The normalized spacial score (nSPS) is 13.9. The highest BCUT2D eigenvalue weighted by Gasteiger charge is 2.36. The van der Waals surface area contributed by atoms with Gasteiger partial charge in [0, 0.05) is 5.41 Å². The number of hydrogen-bond donors (Lipinski definition) is 0. The maximum atomic E-state index is 12.7. The van der Waals surface area contributed by atoms with Gasteiger partial charge in [-0.05, 0) is 46.9 Å². The molecule has 0 N–H and O–H groups in total. The van der Waals surface area contributed by atoms with Gasteiger partial charge in [-0.25, -0.2) is 4.90 Å². The molecule has 0 radical (unpaired) electrons. The summed E-state index contributed by atoms with van der Waals surface area (Å²) in [4.78, 5) is 26.7. The quantitative estimate of drug-likeness (QED) is 0.523. The summed E-state index contributed by atoms with van der Waals surface area (Å²) >= 11 is 0. The zero-order valence-electron chi connectivity index (χ0n) is 17.3. The first-order chi connectivity index (χ1) is 13.8. The summed E-state index contributed by atoms with van der Waals surface area (Å²) in [6, 6.07) is 23.5. The lowest BCUT2D eigenvalue weighted by atomic mass is 9.77. The fourth-order valence-electron chi connectivity index (χ4n) is 3.90. The van der Waals surface area contributed by atoms with E-state index in [1.807, 2.05) is 24.3 Å². The summed E-state index contributed by atoms with van der Waals surface area (Å²) in [6.45, 7) is 8.76. The highest BCUT2D eigenvalue weighted by atomic mass is 16.2. The predicted molar refractivity (Wildman–Crippen MR) is 117 cm³/mol. The van der Waals surface area contributed by atoms with Gasteiger partial charge in [-0.15, -0.1) is 0 Å². The van der Waals surface area contributed by atoms with Crippen LogP contribution >= 0.6 is 0 Å². The van der Waals surface area contributed by atoms with Crippen molar-refractivity contribution < 1.29 is 9.59 Å². The summed E-state index contributed by atoms with van der Waals surface area (Å²) < 4.78 is 0. The summed E-state index contributed by atoms with van der Waals surface area (Å²) in [7, 11) is 0. The van der Waals surface area contributed by atoms with Crippen molar-refractivity contribution in [3.05, 3.63) is 101 Å². The minimum atomic E-state index is -0.262. The Morgan fingerprint density at radius 3 is 1.59 bits per heavy atom. The van der Waals surface area contributed by atoms with Gasteiger partial charge in [0.2, 0.25) is 0 Å². The predicted octanol–water partition coefficient (Wildman–Crippen LogP) is 5.94. The van der Waals surface area contributed by atoms with Crippen molar-refractivity contribution in [2.24, 2.45) is 0 Å². The SMILES string of the molecule is CC(C)c1ccc(C(C)(C)c2ccc(N3C(=O)c4ccccc4C3=O)cc2)cc1. The van der Waals surface area contributed by atoms with Crippen LogP contribution in [0.15, 0.2) is 72.8 Å². The second kappa shape index (κ2) is 7.00. The number of amides is 2. The molecule has 0 atom stereocenters. The first-order valence-electron chi connectivity index (χ1n) is 9.99. The first-order valence-corrected chi connectivity index (χ1v) is 9.99. The molecule has 29 heavy (non-hydrogen) atoms. The Morgan fingerprint density at radius 1 is 0.690 bits per heavy atom. The van der Waals surface area contributed by atoms with Gasteiger partial charge in [0.1, 0.15) is 0 Å². The average molecular weight is 383 g/mol. The Labute approximate surface area is 172 Å². The second-order valence-corrected chi connectivity index (χ2v) is 8.44. The molecule has 0 aliphatic carbocycles. The van der Waals surface area contributed by atoms with Gasteiger partial charge in [-0.1, -0.05) is 76.2 Å². The lowest BCUT2D eigenvalue weighted by Crippen LogP contribution is -2.29. The fraction of sp³-hybridized carbons (Fsp3) is 0.231. The smallest absolute Gasteiger partial charge is 0.266 e. The zero-order chi connectivity index (χ0) is 20.8. The molecule has 3 aromatic carbocycles. The Kier molecular flexibility index (Phi) is 4.62. The molecule has 1 heterocycles. The molecule has 146 valence electrons. The molecule has 0 bridgehead atoms. The van der Waals surface area contributed by atoms with Crippen molar-refractivity contribution in [3.8, 4) is 0 Å². The van der Waals surface area contributed by atoms with E-state index in [2.05, 4.69) is 52.0 Å². The van der Waals surface area contributed by atoms with Gasteiger partial charge >= 0.3 is 0 Å². The lowest BCUT2D eigenvalue weighted by molar-refractivity contribution is 0.0926. The van der Waals surface area contributed by atoms with E-state index in [0.29, 0.717) is 22.7 Å². The summed E-state index contributed by atoms with van der Waals surface area (Å²) in [5, 5.41) is 0. The Bertz CT molecular complexity index is 1040. The minimum Gasteiger partial charge on any atom is -0.268 e. The van der Waals surface area contributed by atoms with Crippen molar-refractivity contribution in [1.29, 1.82) is 0 Å². The van der Waals surface area contributed by atoms with Gasteiger partial charge in [-0.2, -0.15) is 0 Å². The second-order valence-electron chi connectivity index (χ2n) is 8.44. The fourth-order valence-corrected chi connectivity index (χ4v) is 3.90. The van der Waals surface area contributed by atoms with E-state index < -0.39 is 0 Å². The molecule has 0 unspecified atom stereocenters. The van der Waals surface area contributed by atoms with Crippen LogP contribution in [-0.4, -0.2) is 11.8 Å². The van der Waals surface area contributed by atoms with Gasteiger partial charge < -0.3 is 0 Å². The molecular weight excluding hydrogens is 358 g/mol. The highest BCUT2D eigenvalue weighted by Crippen LogP contribution is 2.35. The molecular formula is C26H25NO2. The van der Waals surface area contributed by atoms with E-state index in [-0.39, 0.29) is 17.2 Å². The van der Waals surface area contributed by atoms with E-state index in [1.165, 1.54) is 16.0 Å². The van der Waals surface area contributed by atoms with Crippen LogP contribution in [0, 0.1) is 0 Å². The molecule has 3 aromatic rings. The third-order valence-electron chi connectivity index (χ3n) is 5.94. The monoisotopic (exact) mass is 383 g/mol. The first kappa shape index (κ1) is 19.1. The average Bonchev–Trinajstić information content (AvgIpc) is 2.99. The summed E-state index contributed by atoms with van der Waals surface area (Å²) in [6.07, 6.45) is 0. The van der Waals surface area contributed by atoms with Crippen LogP contribution < -0.4 is 4.90 Å². The number of carbonyl (C=O) groups excluding carboxylic acids is 2. The van der Waals surface area contributed by atoms with Gasteiger partial charge in [0.25, 0.3) is 11.8 Å². The maximum Gasteiger partial charge on any atom is 0.266 e. The number of anilines is 1. The molecule has 4 rings (SSSR count). The largest absolute Gasteiger partial charge is 0.268 e. The number of hydrogen-bond acceptors (Lipinski definition) is 2. The standard InChI is InChI=1S/C26H25NO2/c1-17(2)18-9-11-19(12-10-18)26(3,4)20-13-15-21(16-14-20)27-24(28)22-7-5-6-8-23(22)25(27)29/h5-17H,1-4H3. The van der Waals surface area contributed by atoms with Crippen LogP contribution in [0.3, 0.4) is 0 Å².